The van der Waals surface area contributed by atoms with Crippen molar-refractivity contribution in [1.82, 2.24) is 14.9 Å². The van der Waals surface area contributed by atoms with E-state index in [2.05, 4.69) is 5.32 Å². The molecule has 190 valence electrons. The van der Waals surface area contributed by atoms with Gasteiger partial charge in [0.25, 0.3) is 5.56 Å². The van der Waals surface area contributed by atoms with E-state index >= 15 is 0 Å². The minimum absolute atomic E-state index is 0.00575. The van der Waals surface area contributed by atoms with Gasteiger partial charge in [-0.05, 0) is 67.8 Å². The second kappa shape index (κ2) is 10.3. The van der Waals surface area contributed by atoms with Crippen LogP contribution in [0.5, 0.6) is 0 Å². The number of aryl methyl sites for hydroxylation is 1. The first-order valence-corrected chi connectivity index (χ1v) is 12.1. The van der Waals surface area contributed by atoms with Gasteiger partial charge in [-0.15, -0.1) is 0 Å². The van der Waals surface area contributed by atoms with Gasteiger partial charge in [-0.1, -0.05) is 18.5 Å². The fraction of sp³-hybridized carbons (Fsp3) is 0.346. The molecule has 1 saturated heterocycles. The number of piperidine rings is 1. The van der Waals surface area contributed by atoms with Crippen molar-refractivity contribution in [1.29, 1.82) is 0 Å². The fourth-order valence-electron chi connectivity index (χ4n) is 4.32. The van der Waals surface area contributed by atoms with E-state index in [0.717, 1.165) is 17.7 Å². The van der Waals surface area contributed by atoms with E-state index in [-0.39, 0.29) is 17.6 Å². The average molecular weight is 519 g/mol. The topological polar surface area (TPSA) is 67.2 Å². The van der Waals surface area contributed by atoms with Gasteiger partial charge in [0.05, 0.1) is 11.3 Å². The number of hydrogen-bond donors (Lipinski definition) is 1. The van der Waals surface area contributed by atoms with Crippen molar-refractivity contribution in [3.05, 3.63) is 75.0 Å². The minimum Gasteiger partial charge on any atom is -0.356 e. The van der Waals surface area contributed by atoms with Crippen LogP contribution in [0.2, 0.25) is 5.02 Å². The zero-order chi connectivity index (χ0) is 26.0. The molecule has 0 bridgehead atoms. The smallest absolute Gasteiger partial charge is 0.356 e. The van der Waals surface area contributed by atoms with Gasteiger partial charge in [0, 0.05) is 42.2 Å². The van der Waals surface area contributed by atoms with E-state index in [1.54, 1.807) is 25.1 Å². The van der Waals surface area contributed by atoms with Crippen molar-refractivity contribution in [2.75, 3.05) is 18.0 Å². The van der Waals surface area contributed by atoms with E-state index in [1.165, 1.54) is 22.8 Å². The summed E-state index contributed by atoms with van der Waals surface area (Å²) in [5.74, 6) is 0.798. The standard InChI is InChI=1S/C26H26ClF3N4O2/c1-3-23(35)31-19-10-12-33(13-11-19)22-15-24(36)34(20-7-4-17(5-8-20)26(28,29)30)25(32-22)21-9-6-18(27)14-16(21)2/h4-9,14-15,19H,3,10-13H2,1-2H3,(H,31,35). The second-order valence-corrected chi connectivity index (χ2v) is 9.23. The van der Waals surface area contributed by atoms with Gasteiger partial charge >= 0.3 is 6.18 Å². The summed E-state index contributed by atoms with van der Waals surface area (Å²) < 4.78 is 40.6. The van der Waals surface area contributed by atoms with Gasteiger partial charge in [-0.2, -0.15) is 13.2 Å². The van der Waals surface area contributed by atoms with Crippen molar-refractivity contribution in [3.63, 3.8) is 0 Å². The van der Waals surface area contributed by atoms with Gasteiger partial charge in [0.15, 0.2) is 0 Å². The molecule has 2 heterocycles. The highest BCUT2D eigenvalue weighted by atomic mass is 35.5. The van der Waals surface area contributed by atoms with E-state index in [4.69, 9.17) is 16.6 Å². The lowest BCUT2D eigenvalue weighted by Gasteiger charge is -2.33. The largest absolute Gasteiger partial charge is 0.416 e. The third kappa shape index (κ3) is 5.56. The maximum Gasteiger partial charge on any atom is 0.416 e. The van der Waals surface area contributed by atoms with Gasteiger partial charge in [0.1, 0.15) is 11.6 Å². The summed E-state index contributed by atoms with van der Waals surface area (Å²) in [7, 11) is 0. The Morgan fingerprint density at radius 2 is 1.78 bits per heavy atom. The molecule has 10 heteroatoms. The van der Waals surface area contributed by atoms with Crippen molar-refractivity contribution in [2.45, 2.75) is 45.3 Å². The summed E-state index contributed by atoms with van der Waals surface area (Å²) in [6, 6.07) is 11.1. The highest BCUT2D eigenvalue weighted by Gasteiger charge is 2.30. The van der Waals surface area contributed by atoms with Crippen LogP contribution in [0.3, 0.4) is 0 Å². The Labute approximate surface area is 211 Å². The maximum absolute atomic E-state index is 13.4. The van der Waals surface area contributed by atoms with Crippen LogP contribution in [-0.2, 0) is 11.0 Å². The van der Waals surface area contributed by atoms with Crippen molar-refractivity contribution in [2.24, 2.45) is 0 Å². The van der Waals surface area contributed by atoms with Gasteiger partial charge in [-0.3, -0.25) is 14.2 Å². The molecule has 3 aromatic rings. The van der Waals surface area contributed by atoms with Crippen LogP contribution < -0.4 is 15.8 Å². The van der Waals surface area contributed by atoms with Crippen LogP contribution in [0.15, 0.2) is 53.3 Å². The first kappa shape index (κ1) is 25.8. The highest BCUT2D eigenvalue weighted by Crippen LogP contribution is 2.31. The SMILES string of the molecule is CCC(=O)NC1CCN(c2cc(=O)n(-c3ccc(C(F)(F)F)cc3)c(-c3ccc(Cl)cc3C)n2)CC1. The number of carbonyl (C=O) groups is 1. The Bertz CT molecular complexity index is 1310. The number of rotatable bonds is 5. The molecule has 1 fully saturated rings. The van der Waals surface area contributed by atoms with E-state index in [9.17, 15) is 22.8 Å². The molecule has 1 amide bonds. The summed E-state index contributed by atoms with van der Waals surface area (Å²) in [5, 5.41) is 3.52. The molecule has 6 nitrogen and oxygen atoms in total. The van der Waals surface area contributed by atoms with Crippen LogP contribution in [0.25, 0.3) is 17.1 Å². The lowest BCUT2D eigenvalue weighted by atomic mass is 10.0. The number of carbonyl (C=O) groups excluding carboxylic acids is 1. The number of nitrogens with zero attached hydrogens (tertiary/aromatic N) is 3. The monoisotopic (exact) mass is 518 g/mol. The summed E-state index contributed by atoms with van der Waals surface area (Å²) in [6.45, 7) is 4.84. The van der Waals surface area contributed by atoms with Crippen molar-refractivity contribution in [3.8, 4) is 17.1 Å². The number of anilines is 1. The number of nitrogens with one attached hydrogen (secondary N) is 1. The first-order valence-electron chi connectivity index (χ1n) is 11.7. The van der Waals surface area contributed by atoms with Gasteiger partial charge in [0.2, 0.25) is 5.91 Å². The molecule has 2 aromatic carbocycles. The molecule has 0 spiro atoms. The quantitative estimate of drug-likeness (QED) is 0.493. The van der Waals surface area contributed by atoms with Crippen LogP contribution in [0.1, 0.15) is 37.3 Å². The van der Waals surface area contributed by atoms with Crippen LogP contribution in [0, 0.1) is 6.92 Å². The maximum atomic E-state index is 13.4. The predicted octanol–water partition coefficient (Wildman–Crippen LogP) is 5.38. The average Bonchev–Trinajstić information content (AvgIpc) is 2.83. The Morgan fingerprint density at radius 1 is 1.11 bits per heavy atom. The normalized spacial score (nSPS) is 14.7. The number of benzene rings is 2. The van der Waals surface area contributed by atoms with Crippen molar-refractivity contribution < 1.29 is 18.0 Å². The van der Waals surface area contributed by atoms with E-state index < -0.39 is 17.3 Å². The summed E-state index contributed by atoms with van der Waals surface area (Å²) in [4.78, 5) is 31.9. The predicted molar refractivity (Wildman–Crippen MR) is 134 cm³/mol. The van der Waals surface area contributed by atoms with Gasteiger partial charge < -0.3 is 10.2 Å². The molecular weight excluding hydrogens is 493 g/mol. The summed E-state index contributed by atoms with van der Waals surface area (Å²) >= 11 is 6.13. The second-order valence-electron chi connectivity index (χ2n) is 8.80. The third-order valence-electron chi connectivity index (χ3n) is 6.29. The van der Waals surface area contributed by atoms with Gasteiger partial charge in [-0.25, -0.2) is 4.98 Å². The Hall–Kier alpha value is -3.33. The minimum atomic E-state index is -4.48. The Balaban J connectivity index is 1.75. The highest BCUT2D eigenvalue weighted by molar-refractivity contribution is 6.30. The Kier molecular flexibility index (Phi) is 7.40. The fourth-order valence-corrected chi connectivity index (χ4v) is 4.55. The molecular formula is C26H26ClF3N4O2. The number of hydrogen-bond acceptors (Lipinski definition) is 4. The van der Waals surface area contributed by atoms with E-state index in [1.807, 2.05) is 11.8 Å². The Morgan fingerprint density at radius 3 is 2.36 bits per heavy atom. The summed E-state index contributed by atoms with van der Waals surface area (Å²) in [5.41, 5.74) is 0.477. The molecule has 0 aliphatic carbocycles. The lowest BCUT2D eigenvalue weighted by molar-refractivity contribution is -0.137. The molecule has 4 rings (SSSR count). The molecule has 0 radical (unpaired) electrons. The molecule has 0 unspecified atom stereocenters. The molecule has 0 atom stereocenters. The van der Waals surface area contributed by atoms with Crippen molar-refractivity contribution >= 4 is 23.3 Å². The lowest BCUT2D eigenvalue weighted by Crippen LogP contribution is -2.45. The number of amides is 1. The molecule has 1 aromatic heterocycles. The molecule has 1 aliphatic rings. The number of alkyl halides is 3. The van der Waals surface area contributed by atoms with Crippen LogP contribution in [0.4, 0.5) is 19.0 Å². The number of halogens is 4. The zero-order valence-electron chi connectivity index (χ0n) is 19.9. The third-order valence-corrected chi connectivity index (χ3v) is 6.53. The molecule has 36 heavy (non-hydrogen) atoms. The molecule has 1 N–H and O–H groups in total. The molecule has 0 saturated carbocycles. The molecule has 1 aliphatic heterocycles. The zero-order valence-corrected chi connectivity index (χ0v) is 20.7. The van der Waals surface area contributed by atoms with Crippen LogP contribution >= 0.6 is 11.6 Å². The first-order chi connectivity index (χ1) is 17.1. The number of aromatic nitrogens is 2. The van der Waals surface area contributed by atoms with Crippen LogP contribution in [-0.4, -0.2) is 34.6 Å². The van der Waals surface area contributed by atoms with E-state index in [0.29, 0.717) is 54.6 Å². The summed E-state index contributed by atoms with van der Waals surface area (Å²) in [6.07, 6.45) is -2.63.